The number of esters is 1. The van der Waals surface area contributed by atoms with Crippen LogP contribution in [0.1, 0.15) is 17.4 Å². The highest BCUT2D eigenvalue weighted by Gasteiger charge is 2.19. The molecule has 0 amide bonds. The quantitative estimate of drug-likeness (QED) is 0.118. The van der Waals surface area contributed by atoms with E-state index < -0.39 is 5.97 Å². The van der Waals surface area contributed by atoms with Gasteiger partial charge in [0.1, 0.15) is 25.6 Å². The Labute approximate surface area is 202 Å². The zero-order valence-corrected chi connectivity index (χ0v) is 19.6. The Balaban J connectivity index is 1.33. The van der Waals surface area contributed by atoms with E-state index in [4.69, 9.17) is 19.0 Å². The maximum absolute atomic E-state index is 12.4. The number of oxime groups is 1. The number of fused-ring (bicyclic) bond motifs is 1. The first-order chi connectivity index (χ1) is 16.7. The van der Waals surface area contributed by atoms with Gasteiger partial charge in [-0.3, -0.25) is 0 Å². The van der Waals surface area contributed by atoms with Crippen LogP contribution in [-0.4, -0.2) is 31.5 Å². The fourth-order valence-corrected chi connectivity index (χ4v) is 4.06. The molecule has 0 spiro atoms. The van der Waals surface area contributed by atoms with Crippen LogP contribution in [0.4, 0.5) is 0 Å². The first-order valence-electron chi connectivity index (χ1n) is 11.0. The minimum Gasteiger partial charge on any atom is -0.490 e. The lowest BCUT2D eigenvalue weighted by molar-refractivity contribution is -0.135. The molecule has 1 heterocycles. The van der Waals surface area contributed by atoms with Gasteiger partial charge in [0.05, 0.1) is 11.5 Å². The monoisotopic (exact) mass is 475 g/mol. The van der Waals surface area contributed by atoms with E-state index in [-0.39, 0.29) is 18.9 Å². The molecule has 4 rings (SSSR count). The summed E-state index contributed by atoms with van der Waals surface area (Å²) in [7, 11) is 0. The molecular weight excluding hydrogens is 450 g/mol. The molecular formula is C27H25NO5S. The molecule has 6 nitrogen and oxygen atoms in total. The minimum absolute atomic E-state index is 0.116. The summed E-state index contributed by atoms with van der Waals surface area (Å²) in [6.07, 6.45) is 0. The van der Waals surface area contributed by atoms with Crippen molar-refractivity contribution in [3.8, 4) is 10.8 Å². The van der Waals surface area contributed by atoms with Gasteiger partial charge in [-0.15, -0.1) is 0 Å². The number of thiophene rings is 1. The van der Waals surface area contributed by atoms with E-state index in [1.54, 1.807) is 19.1 Å². The minimum atomic E-state index is -0.538. The summed E-state index contributed by atoms with van der Waals surface area (Å²) in [5, 5.41) is 7.00. The van der Waals surface area contributed by atoms with Gasteiger partial charge < -0.3 is 19.0 Å². The molecule has 174 valence electrons. The molecule has 7 heteroatoms. The molecule has 0 N–H and O–H groups in total. The molecule has 1 aromatic heterocycles. The Morgan fingerprint density at radius 1 is 0.853 bits per heavy atom. The van der Waals surface area contributed by atoms with Gasteiger partial charge in [-0.1, -0.05) is 77.2 Å². The van der Waals surface area contributed by atoms with Crippen molar-refractivity contribution >= 4 is 33.8 Å². The molecule has 0 aliphatic carbocycles. The highest BCUT2D eigenvalue weighted by atomic mass is 32.1. The summed E-state index contributed by atoms with van der Waals surface area (Å²) in [4.78, 5) is 18.5. The molecule has 0 atom stereocenters. The predicted octanol–water partition coefficient (Wildman–Crippen LogP) is 5.84. The van der Waals surface area contributed by atoms with E-state index in [1.807, 2.05) is 60.7 Å². The van der Waals surface area contributed by atoms with Crippen molar-refractivity contribution in [1.82, 2.24) is 0 Å². The Kier molecular flexibility index (Phi) is 8.13. The Morgan fingerprint density at radius 2 is 1.62 bits per heavy atom. The van der Waals surface area contributed by atoms with Gasteiger partial charge in [0.15, 0.2) is 5.06 Å². The normalized spacial score (nSPS) is 11.3. The number of benzene rings is 3. The summed E-state index contributed by atoms with van der Waals surface area (Å²) < 4.78 is 16.8. The van der Waals surface area contributed by atoms with Crippen molar-refractivity contribution in [2.75, 3.05) is 19.8 Å². The summed E-state index contributed by atoms with van der Waals surface area (Å²) in [6.45, 7) is 3.01. The third-order valence-corrected chi connectivity index (χ3v) is 5.84. The van der Waals surface area contributed by atoms with E-state index >= 15 is 0 Å². The number of rotatable bonds is 11. The van der Waals surface area contributed by atoms with Crippen molar-refractivity contribution in [3.05, 3.63) is 95.4 Å². The molecule has 0 fully saturated rings. The second kappa shape index (κ2) is 11.9. The lowest BCUT2D eigenvalue weighted by Gasteiger charge is -2.08. The van der Waals surface area contributed by atoms with Crippen molar-refractivity contribution in [1.29, 1.82) is 0 Å². The molecule has 34 heavy (non-hydrogen) atoms. The van der Waals surface area contributed by atoms with Crippen LogP contribution in [0, 0.1) is 0 Å². The van der Waals surface area contributed by atoms with E-state index in [0.29, 0.717) is 23.2 Å². The van der Waals surface area contributed by atoms with Gasteiger partial charge in [0.2, 0.25) is 5.71 Å². The summed E-state index contributed by atoms with van der Waals surface area (Å²) in [5.74, 6) is 0.255. The first kappa shape index (κ1) is 23.3. The number of hydrogen-bond acceptors (Lipinski definition) is 7. The topological polar surface area (TPSA) is 66.4 Å². The highest BCUT2D eigenvalue weighted by molar-refractivity contribution is 7.16. The molecule has 4 aromatic rings. The third kappa shape index (κ3) is 6.36. The van der Waals surface area contributed by atoms with Gasteiger partial charge >= 0.3 is 5.97 Å². The fourth-order valence-electron chi connectivity index (χ4n) is 3.21. The van der Waals surface area contributed by atoms with Crippen LogP contribution in [-0.2, 0) is 21.0 Å². The van der Waals surface area contributed by atoms with Crippen molar-refractivity contribution in [2.45, 2.75) is 13.5 Å². The number of hydrogen-bond donors (Lipinski definition) is 0. The first-order valence-corrected chi connectivity index (χ1v) is 11.8. The summed E-state index contributed by atoms with van der Waals surface area (Å²) in [5.41, 5.74) is 1.07. The van der Waals surface area contributed by atoms with Crippen molar-refractivity contribution in [2.24, 2.45) is 5.16 Å². The Bertz CT molecular complexity index is 1250. The predicted molar refractivity (Wildman–Crippen MR) is 134 cm³/mol. The van der Waals surface area contributed by atoms with Gasteiger partial charge in [-0.05, 0) is 47.5 Å². The molecule has 0 bridgehead atoms. The van der Waals surface area contributed by atoms with Crippen LogP contribution in [0.5, 0.6) is 10.8 Å². The number of carbonyl (C=O) groups excluding carboxylic acids is 1. The Hall–Kier alpha value is -3.84. The van der Waals surface area contributed by atoms with Crippen LogP contribution in [0.2, 0.25) is 0 Å². The highest BCUT2D eigenvalue weighted by Crippen LogP contribution is 2.26. The van der Waals surface area contributed by atoms with Gasteiger partial charge in [0.25, 0.3) is 0 Å². The van der Waals surface area contributed by atoms with Crippen molar-refractivity contribution in [3.63, 3.8) is 0 Å². The molecule has 0 saturated carbocycles. The molecule has 0 aliphatic rings. The second-order valence-corrected chi connectivity index (χ2v) is 8.29. The number of ether oxygens (including phenoxy) is 3. The smallest absolute Gasteiger partial charge is 0.361 e. The van der Waals surface area contributed by atoms with Crippen LogP contribution in [0.3, 0.4) is 0 Å². The SMILES string of the molecule is CCOC(=O)/C(=N\OCc1ccccc1)c1ccc(OCCOc2ccc3ccccc3c2)s1. The zero-order valence-electron chi connectivity index (χ0n) is 18.8. The van der Waals surface area contributed by atoms with Gasteiger partial charge in [0, 0.05) is 0 Å². The van der Waals surface area contributed by atoms with E-state index in [9.17, 15) is 4.79 Å². The lowest BCUT2D eigenvalue weighted by Crippen LogP contribution is -2.18. The van der Waals surface area contributed by atoms with E-state index in [1.165, 1.54) is 16.7 Å². The van der Waals surface area contributed by atoms with Gasteiger partial charge in [-0.2, -0.15) is 0 Å². The Morgan fingerprint density at radius 3 is 2.44 bits per heavy atom. The molecule has 0 saturated heterocycles. The fraction of sp³-hybridized carbons (Fsp3) is 0.185. The summed E-state index contributed by atoms with van der Waals surface area (Å²) in [6, 6.07) is 27.3. The maximum atomic E-state index is 12.4. The molecule has 3 aromatic carbocycles. The van der Waals surface area contributed by atoms with Crippen LogP contribution in [0.15, 0.2) is 90.1 Å². The van der Waals surface area contributed by atoms with E-state index in [0.717, 1.165) is 16.7 Å². The van der Waals surface area contributed by atoms with Gasteiger partial charge in [-0.25, -0.2) is 4.79 Å². The average Bonchev–Trinajstić information content (AvgIpc) is 3.33. The molecule has 0 radical (unpaired) electrons. The molecule has 0 aliphatic heterocycles. The third-order valence-electron chi connectivity index (χ3n) is 4.83. The second-order valence-electron chi connectivity index (χ2n) is 7.24. The van der Waals surface area contributed by atoms with Crippen molar-refractivity contribution < 1.29 is 23.8 Å². The number of carbonyl (C=O) groups is 1. The maximum Gasteiger partial charge on any atom is 0.361 e. The van der Waals surface area contributed by atoms with Crippen LogP contribution < -0.4 is 9.47 Å². The molecule has 0 unspecified atom stereocenters. The largest absolute Gasteiger partial charge is 0.490 e. The van der Waals surface area contributed by atoms with E-state index in [2.05, 4.69) is 17.3 Å². The van der Waals surface area contributed by atoms with Crippen LogP contribution in [0.25, 0.3) is 10.8 Å². The zero-order chi connectivity index (χ0) is 23.6. The summed E-state index contributed by atoms with van der Waals surface area (Å²) >= 11 is 1.30. The van der Waals surface area contributed by atoms with Crippen LogP contribution >= 0.6 is 11.3 Å². The standard InChI is InChI=1S/C27H25NO5S/c1-2-30-27(29)26(28-33-19-20-8-4-3-5-9-20)24-14-15-25(34-24)32-17-16-31-23-13-12-21-10-6-7-11-22(21)18-23/h3-15,18H,2,16-17,19H2,1H3/b28-26-. The number of nitrogens with zero attached hydrogens (tertiary/aromatic N) is 1. The lowest BCUT2D eigenvalue weighted by atomic mass is 10.1. The average molecular weight is 476 g/mol.